The smallest absolute Gasteiger partial charge is 0.232 e. The Balaban J connectivity index is 1.31. The fraction of sp³-hybridized carbons (Fsp3) is 0.577. The number of carbonyl (C=O) groups excluding carboxylic acids is 1. The van der Waals surface area contributed by atoms with E-state index in [2.05, 4.69) is 36.1 Å². The molecule has 1 saturated carbocycles. The maximum atomic E-state index is 12.8. The predicted molar refractivity (Wildman–Crippen MR) is 123 cm³/mol. The summed E-state index contributed by atoms with van der Waals surface area (Å²) in [6.45, 7) is 5.08. The first-order valence-corrected chi connectivity index (χ1v) is 12.1. The third-order valence-corrected chi connectivity index (χ3v) is 7.44. The normalized spacial score (nSPS) is 22.3. The molecule has 1 aliphatic carbocycles. The maximum Gasteiger partial charge on any atom is 0.232 e. The molecule has 164 valence electrons. The first-order valence-electron chi connectivity index (χ1n) is 12.1. The zero-order valence-electron chi connectivity index (χ0n) is 18.7. The highest BCUT2D eigenvalue weighted by Crippen LogP contribution is 2.34. The van der Waals surface area contributed by atoms with Crippen LogP contribution in [0.1, 0.15) is 73.5 Å². The zero-order chi connectivity index (χ0) is 21.2. The second-order valence-corrected chi connectivity index (χ2v) is 9.55. The summed E-state index contributed by atoms with van der Waals surface area (Å²) in [5.41, 5.74) is 3.36. The number of hydrogen-bond acceptors (Lipinski definition) is 4. The van der Waals surface area contributed by atoms with Gasteiger partial charge in [0, 0.05) is 36.3 Å². The van der Waals surface area contributed by atoms with E-state index < -0.39 is 0 Å². The zero-order valence-corrected chi connectivity index (χ0v) is 18.7. The average Bonchev–Trinajstić information content (AvgIpc) is 3.44. The first-order chi connectivity index (χ1) is 15.2. The van der Waals surface area contributed by atoms with Crippen LogP contribution in [0.25, 0.3) is 0 Å². The van der Waals surface area contributed by atoms with E-state index in [-0.39, 0.29) is 5.91 Å². The van der Waals surface area contributed by atoms with Gasteiger partial charge in [0.05, 0.1) is 6.42 Å². The molecule has 3 aliphatic rings. The van der Waals surface area contributed by atoms with Crippen LogP contribution in [0.4, 0.5) is 5.82 Å². The molecule has 5 nitrogen and oxygen atoms in total. The summed E-state index contributed by atoms with van der Waals surface area (Å²) in [5, 5.41) is 0. The third kappa shape index (κ3) is 4.38. The lowest BCUT2D eigenvalue weighted by Crippen LogP contribution is -2.41. The Labute approximate surface area is 185 Å². The number of anilines is 1. The molecular formula is C26H34N4O. The van der Waals surface area contributed by atoms with Gasteiger partial charge in [0.2, 0.25) is 5.91 Å². The highest BCUT2D eigenvalue weighted by atomic mass is 16.2. The van der Waals surface area contributed by atoms with Crippen LogP contribution in [0, 0.1) is 6.92 Å². The highest BCUT2D eigenvalue weighted by molar-refractivity contribution is 6.00. The Hall–Kier alpha value is -2.27. The second kappa shape index (κ2) is 9.07. The van der Waals surface area contributed by atoms with Crippen molar-refractivity contribution in [3.63, 3.8) is 0 Å². The van der Waals surface area contributed by atoms with E-state index in [0.717, 1.165) is 61.3 Å². The Morgan fingerprint density at radius 2 is 1.84 bits per heavy atom. The lowest BCUT2D eigenvalue weighted by molar-refractivity contribution is -0.117. The quantitative estimate of drug-likeness (QED) is 0.696. The number of carbonyl (C=O) groups is 1. The van der Waals surface area contributed by atoms with Gasteiger partial charge in [-0.1, -0.05) is 43.2 Å². The minimum absolute atomic E-state index is 0.175. The van der Waals surface area contributed by atoms with Gasteiger partial charge in [0.1, 0.15) is 11.6 Å². The van der Waals surface area contributed by atoms with Crippen LogP contribution in [0.15, 0.2) is 30.3 Å². The van der Waals surface area contributed by atoms with Crippen molar-refractivity contribution in [1.29, 1.82) is 0 Å². The molecule has 2 fully saturated rings. The van der Waals surface area contributed by atoms with Crippen molar-refractivity contribution < 1.29 is 4.79 Å². The molecular weight excluding hydrogens is 384 g/mol. The average molecular weight is 419 g/mol. The SMILES string of the molecule is Cc1nc(C2CCCN(C3CCCC3)C2)nc2c1CC(=O)N2CCCc1ccccc1. The summed E-state index contributed by atoms with van der Waals surface area (Å²) in [4.78, 5) is 27.3. The minimum Gasteiger partial charge on any atom is -0.300 e. The summed E-state index contributed by atoms with van der Waals surface area (Å²) in [6, 6.07) is 11.3. The fourth-order valence-corrected chi connectivity index (χ4v) is 5.71. The van der Waals surface area contributed by atoms with E-state index in [0.29, 0.717) is 12.3 Å². The molecule has 2 aliphatic heterocycles. The van der Waals surface area contributed by atoms with Crippen LogP contribution in [0.3, 0.4) is 0 Å². The van der Waals surface area contributed by atoms with Crippen LogP contribution in [-0.2, 0) is 17.6 Å². The molecule has 0 spiro atoms. The Kier molecular flexibility index (Phi) is 6.04. The van der Waals surface area contributed by atoms with Gasteiger partial charge in [-0.3, -0.25) is 14.6 Å². The van der Waals surface area contributed by atoms with Crippen molar-refractivity contribution in [2.24, 2.45) is 0 Å². The van der Waals surface area contributed by atoms with Gasteiger partial charge in [0.15, 0.2) is 0 Å². The van der Waals surface area contributed by atoms with Crippen LogP contribution >= 0.6 is 0 Å². The second-order valence-electron chi connectivity index (χ2n) is 9.55. The van der Waals surface area contributed by atoms with E-state index in [1.807, 2.05) is 11.0 Å². The molecule has 1 aromatic heterocycles. The molecule has 31 heavy (non-hydrogen) atoms. The van der Waals surface area contributed by atoms with Crippen LogP contribution in [0.2, 0.25) is 0 Å². The molecule has 0 N–H and O–H groups in total. The fourth-order valence-electron chi connectivity index (χ4n) is 5.71. The van der Waals surface area contributed by atoms with E-state index >= 15 is 0 Å². The standard InChI is InChI=1S/C26H34N4O/c1-19-23-17-24(31)30(16-7-11-20-9-3-2-4-10-20)26(23)28-25(27-19)21-12-8-15-29(18-21)22-13-5-6-14-22/h2-4,9-10,21-22H,5-8,11-18H2,1H3. The largest absolute Gasteiger partial charge is 0.300 e. The van der Waals surface area contributed by atoms with Gasteiger partial charge in [0.25, 0.3) is 0 Å². The molecule has 2 aromatic rings. The van der Waals surface area contributed by atoms with Crippen molar-refractivity contribution in [2.75, 3.05) is 24.5 Å². The molecule has 1 unspecified atom stereocenters. The molecule has 0 bridgehead atoms. The Morgan fingerprint density at radius 3 is 2.65 bits per heavy atom. The molecule has 1 aromatic carbocycles. The van der Waals surface area contributed by atoms with Crippen molar-refractivity contribution >= 4 is 11.7 Å². The van der Waals surface area contributed by atoms with Crippen molar-refractivity contribution in [1.82, 2.24) is 14.9 Å². The number of aryl methyl sites for hydroxylation is 2. The summed E-state index contributed by atoms with van der Waals surface area (Å²) in [5.74, 6) is 2.41. The van der Waals surface area contributed by atoms with Crippen molar-refractivity contribution in [3.05, 3.63) is 53.0 Å². The van der Waals surface area contributed by atoms with Gasteiger partial charge in [-0.15, -0.1) is 0 Å². The number of rotatable bonds is 6. The van der Waals surface area contributed by atoms with Gasteiger partial charge >= 0.3 is 0 Å². The van der Waals surface area contributed by atoms with Crippen LogP contribution in [-0.4, -0.2) is 46.5 Å². The number of nitrogens with zero attached hydrogens (tertiary/aromatic N) is 4. The van der Waals surface area contributed by atoms with Gasteiger partial charge in [-0.2, -0.15) is 0 Å². The first kappa shape index (κ1) is 20.6. The number of likely N-dealkylation sites (tertiary alicyclic amines) is 1. The molecule has 0 radical (unpaired) electrons. The summed E-state index contributed by atoms with van der Waals surface area (Å²) in [6.07, 6.45) is 10.2. The molecule has 1 amide bonds. The monoisotopic (exact) mass is 418 g/mol. The van der Waals surface area contributed by atoms with Gasteiger partial charge < -0.3 is 0 Å². The summed E-state index contributed by atoms with van der Waals surface area (Å²) >= 11 is 0. The van der Waals surface area contributed by atoms with E-state index in [1.54, 1.807) is 0 Å². The number of benzene rings is 1. The predicted octanol–water partition coefficient (Wildman–Crippen LogP) is 4.43. The Morgan fingerprint density at radius 1 is 1.03 bits per heavy atom. The van der Waals surface area contributed by atoms with E-state index in [4.69, 9.17) is 9.97 Å². The molecule has 1 atom stereocenters. The highest BCUT2D eigenvalue weighted by Gasteiger charge is 2.34. The van der Waals surface area contributed by atoms with E-state index in [1.165, 1.54) is 44.2 Å². The minimum atomic E-state index is 0.175. The number of piperidine rings is 1. The topological polar surface area (TPSA) is 49.3 Å². The van der Waals surface area contributed by atoms with Crippen molar-refractivity contribution in [2.45, 2.75) is 76.7 Å². The summed E-state index contributed by atoms with van der Waals surface area (Å²) < 4.78 is 0. The van der Waals surface area contributed by atoms with Gasteiger partial charge in [-0.25, -0.2) is 9.97 Å². The number of aromatic nitrogens is 2. The maximum absolute atomic E-state index is 12.8. The number of amides is 1. The lowest BCUT2D eigenvalue weighted by Gasteiger charge is -2.36. The van der Waals surface area contributed by atoms with E-state index in [9.17, 15) is 4.79 Å². The van der Waals surface area contributed by atoms with Crippen molar-refractivity contribution in [3.8, 4) is 0 Å². The van der Waals surface area contributed by atoms with Gasteiger partial charge in [-0.05, 0) is 57.6 Å². The molecule has 1 saturated heterocycles. The third-order valence-electron chi connectivity index (χ3n) is 7.44. The van der Waals surface area contributed by atoms with Crippen LogP contribution in [0.5, 0.6) is 0 Å². The number of fused-ring (bicyclic) bond motifs is 1. The van der Waals surface area contributed by atoms with Crippen LogP contribution < -0.4 is 4.90 Å². The number of hydrogen-bond donors (Lipinski definition) is 0. The molecule has 5 heteroatoms. The Bertz CT molecular complexity index is 923. The lowest BCUT2D eigenvalue weighted by atomic mass is 9.95. The molecule has 3 heterocycles. The summed E-state index contributed by atoms with van der Waals surface area (Å²) in [7, 11) is 0. The molecule has 5 rings (SSSR count).